The zero-order valence-electron chi connectivity index (χ0n) is 33.9. The van der Waals surface area contributed by atoms with Crippen LogP contribution in [0.5, 0.6) is 0 Å². The highest BCUT2D eigenvalue weighted by atomic mass is 16.7. The third kappa shape index (κ3) is 24.9. The molecule has 0 aromatic carbocycles. The topological polar surface area (TPSA) is 169 Å². The van der Waals surface area contributed by atoms with Crippen LogP contribution in [0.2, 0.25) is 0 Å². The molecule has 53 heavy (non-hydrogen) atoms. The molecule has 0 aliphatic carbocycles. The van der Waals surface area contributed by atoms with Crippen molar-refractivity contribution in [2.45, 2.75) is 243 Å². The largest absolute Gasteiger partial charge is 0.394 e. The van der Waals surface area contributed by atoms with E-state index >= 15 is 0 Å². The highest BCUT2D eigenvalue weighted by Gasteiger charge is 2.44. The van der Waals surface area contributed by atoms with Crippen LogP contribution in [0.15, 0.2) is 12.2 Å². The number of aliphatic hydroxyl groups excluding tert-OH is 6. The fourth-order valence-electron chi connectivity index (χ4n) is 7.04. The number of rotatable bonds is 36. The molecule has 0 bridgehead atoms. The van der Waals surface area contributed by atoms with E-state index in [1.165, 1.54) is 109 Å². The molecule has 1 saturated heterocycles. The Kier molecular flexibility index (Phi) is 32.2. The van der Waals surface area contributed by atoms with Crippen LogP contribution >= 0.6 is 0 Å². The zero-order valence-corrected chi connectivity index (χ0v) is 33.9. The van der Waals surface area contributed by atoms with Gasteiger partial charge in [-0.05, 0) is 38.5 Å². The van der Waals surface area contributed by atoms with Gasteiger partial charge in [0.05, 0.1) is 25.4 Å². The van der Waals surface area contributed by atoms with Gasteiger partial charge in [-0.2, -0.15) is 0 Å². The van der Waals surface area contributed by atoms with E-state index in [4.69, 9.17) is 9.47 Å². The van der Waals surface area contributed by atoms with E-state index in [2.05, 4.69) is 31.3 Å². The van der Waals surface area contributed by atoms with E-state index in [-0.39, 0.29) is 6.61 Å². The van der Waals surface area contributed by atoms with Crippen LogP contribution in [0.25, 0.3) is 0 Å². The minimum atomic E-state index is -1.59. The van der Waals surface area contributed by atoms with Gasteiger partial charge in [-0.1, -0.05) is 167 Å². The average molecular weight is 758 g/mol. The standard InChI is InChI=1S/C43H83NO9/c1-3-5-7-9-11-13-15-17-18-19-20-22-24-26-28-30-32-37(47)42(51)44-35(34-52-43-41(50)40(49)39(48)38(33-45)53-43)36(46)31-29-27-25-23-21-16-14-12-10-8-6-4-2/h17-18,35-41,43,45-50H,3-16,19-34H2,1-2H3,(H,44,51)/b18-17-. The van der Waals surface area contributed by atoms with Gasteiger partial charge in [0.15, 0.2) is 6.29 Å². The highest BCUT2D eigenvalue weighted by molar-refractivity contribution is 5.80. The summed E-state index contributed by atoms with van der Waals surface area (Å²) in [5.41, 5.74) is 0. The van der Waals surface area contributed by atoms with Crippen molar-refractivity contribution in [3.63, 3.8) is 0 Å². The summed E-state index contributed by atoms with van der Waals surface area (Å²) in [4.78, 5) is 13.0. The lowest BCUT2D eigenvalue weighted by atomic mass is 9.99. The molecule has 1 fully saturated rings. The maximum absolute atomic E-state index is 13.0. The first-order chi connectivity index (χ1) is 25.8. The van der Waals surface area contributed by atoms with Gasteiger partial charge >= 0.3 is 0 Å². The molecular formula is C43H83NO9. The Hall–Kier alpha value is -1.11. The smallest absolute Gasteiger partial charge is 0.249 e. The van der Waals surface area contributed by atoms with Crippen LogP contribution in [-0.4, -0.2) is 98.7 Å². The van der Waals surface area contributed by atoms with Crippen molar-refractivity contribution < 1.29 is 44.9 Å². The summed E-state index contributed by atoms with van der Waals surface area (Å²) in [6.45, 7) is 3.64. The highest BCUT2D eigenvalue weighted by Crippen LogP contribution is 2.23. The van der Waals surface area contributed by atoms with Crippen molar-refractivity contribution in [1.82, 2.24) is 5.32 Å². The molecule has 1 aliphatic heterocycles. The molecule has 8 unspecified atom stereocenters. The molecule has 8 atom stereocenters. The normalized spacial score (nSPS) is 22.3. The maximum Gasteiger partial charge on any atom is 0.249 e. The second kappa shape index (κ2) is 34.2. The molecule has 1 aliphatic rings. The number of nitrogens with one attached hydrogen (secondary N) is 1. The van der Waals surface area contributed by atoms with Crippen molar-refractivity contribution in [1.29, 1.82) is 0 Å². The number of carbonyl (C=O) groups is 1. The van der Waals surface area contributed by atoms with Gasteiger partial charge in [-0.3, -0.25) is 4.79 Å². The first-order valence-corrected chi connectivity index (χ1v) is 22.0. The number of allylic oxidation sites excluding steroid dienone is 2. The summed E-state index contributed by atoms with van der Waals surface area (Å²) >= 11 is 0. The molecular weight excluding hydrogens is 674 g/mol. The summed E-state index contributed by atoms with van der Waals surface area (Å²) in [5, 5.41) is 64.7. The van der Waals surface area contributed by atoms with E-state index in [0.29, 0.717) is 12.8 Å². The Morgan fingerprint density at radius 1 is 0.623 bits per heavy atom. The predicted molar refractivity (Wildman–Crippen MR) is 213 cm³/mol. The molecule has 0 saturated carbocycles. The number of unbranched alkanes of at least 4 members (excludes halogenated alkanes) is 23. The summed E-state index contributed by atoms with van der Waals surface area (Å²) in [6.07, 6.45) is 26.8. The monoisotopic (exact) mass is 758 g/mol. The van der Waals surface area contributed by atoms with Crippen molar-refractivity contribution >= 4 is 5.91 Å². The van der Waals surface area contributed by atoms with Gasteiger partial charge in [-0.15, -0.1) is 0 Å². The number of hydrogen-bond acceptors (Lipinski definition) is 9. The molecule has 0 aromatic rings. The van der Waals surface area contributed by atoms with Gasteiger partial charge in [-0.25, -0.2) is 0 Å². The van der Waals surface area contributed by atoms with E-state index in [1.54, 1.807) is 0 Å². The van der Waals surface area contributed by atoms with Crippen LogP contribution in [0.3, 0.4) is 0 Å². The molecule has 314 valence electrons. The molecule has 7 N–H and O–H groups in total. The van der Waals surface area contributed by atoms with Gasteiger partial charge in [0, 0.05) is 0 Å². The molecule has 0 radical (unpaired) electrons. The fraction of sp³-hybridized carbons (Fsp3) is 0.930. The second-order valence-electron chi connectivity index (χ2n) is 15.6. The van der Waals surface area contributed by atoms with E-state index in [0.717, 1.165) is 57.8 Å². The summed E-state index contributed by atoms with van der Waals surface area (Å²) < 4.78 is 11.2. The molecule has 10 nitrogen and oxygen atoms in total. The lowest BCUT2D eigenvalue weighted by Crippen LogP contribution is -2.60. The number of carbonyl (C=O) groups excluding carboxylic acids is 1. The Balaban J connectivity index is 2.41. The summed E-state index contributed by atoms with van der Waals surface area (Å²) in [7, 11) is 0. The molecule has 0 aromatic heterocycles. The Bertz CT molecular complexity index is 860. The van der Waals surface area contributed by atoms with Crippen LogP contribution in [0.1, 0.15) is 194 Å². The number of hydrogen-bond donors (Lipinski definition) is 7. The number of aliphatic hydroxyl groups is 6. The van der Waals surface area contributed by atoms with Crippen molar-refractivity contribution in [2.75, 3.05) is 13.2 Å². The fourth-order valence-corrected chi connectivity index (χ4v) is 7.04. The quantitative estimate of drug-likeness (QED) is 0.0252. The zero-order chi connectivity index (χ0) is 38.9. The minimum Gasteiger partial charge on any atom is -0.394 e. The van der Waals surface area contributed by atoms with Crippen LogP contribution in [0, 0.1) is 0 Å². The maximum atomic E-state index is 13.0. The first-order valence-electron chi connectivity index (χ1n) is 22.0. The third-order valence-corrected chi connectivity index (χ3v) is 10.7. The van der Waals surface area contributed by atoms with Crippen LogP contribution < -0.4 is 5.32 Å². The summed E-state index contributed by atoms with van der Waals surface area (Å²) in [5.74, 6) is -0.589. The number of ether oxygens (including phenoxy) is 2. The Morgan fingerprint density at radius 2 is 1.06 bits per heavy atom. The Morgan fingerprint density at radius 3 is 1.53 bits per heavy atom. The van der Waals surface area contributed by atoms with E-state index < -0.39 is 61.5 Å². The summed E-state index contributed by atoms with van der Waals surface area (Å²) in [6, 6.07) is -0.892. The van der Waals surface area contributed by atoms with Gasteiger partial charge in [0.2, 0.25) is 5.91 Å². The Labute approximate surface area is 323 Å². The van der Waals surface area contributed by atoms with Crippen molar-refractivity contribution in [2.24, 2.45) is 0 Å². The SMILES string of the molecule is CCCCCCCC/C=C\CCCCCCCCC(O)C(=O)NC(COC1OC(CO)C(O)C(O)C1O)C(O)CCCCCCCCCCCCCC. The third-order valence-electron chi connectivity index (χ3n) is 10.7. The van der Waals surface area contributed by atoms with E-state index in [9.17, 15) is 35.4 Å². The average Bonchev–Trinajstić information content (AvgIpc) is 3.16. The van der Waals surface area contributed by atoms with E-state index in [1.807, 2.05) is 0 Å². The van der Waals surface area contributed by atoms with Crippen LogP contribution in [-0.2, 0) is 14.3 Å². The van der Waals surface area contributed by atoms with Gasteiger partial charge in [0.25, 0.3) is 0 Å². The van der Waals surface area contributed by atoms with Crippen molar-refractivity contribution in [3.05, 3.63) is 12.2 Å². The lowest BCUT2D eigenvalue weighted by Gasteiger charge is -2.40. The predicted octanol–water partition coefficient (Wildman–Crippen LogP) is 7.53. The van der Waals surface area contributed by atoms with Crippen molar-refractivity contribution in [3.8, 4) is 0 Å². The molecule has 10 heteroatoms. The first kappa shape index (κ1) is 49.9. The molecule has 1 amide bonds. The second-order valence-corrected chi connectivity index (χ2v) is 15.6. The van der Waals surface area contributed by atoms with Crippen LogP contribution in [0.4, 0.5) is 0 Å². The number of amides is 1. The molecule has 1 heterocycles. The van der Waals surface area contributed by atoms with Gasteiger partial charge < -0.3 is 45.4 Å². The molecule has 1 rings (SSSR count). The lowest BCUT2D eigenvalue weighted by molar-refractivity contribution is -0.302. The minimum absolute atomic E-state index is 0.255. The van der Waals surface area contributed by atoms with Gasteiger partial charge in [0.1, 0.15) is 30.5 Å². The molecule has 0 spiro atoms.